The standard InChI is InChI=1S/C17H22N2O/c1-12(2)11-20-17-9-14(4)18-16(19-17)10-15-7-5-6-13(3)8-15/h5-9,12H,10-11H2,1-4H3. The summed E-state index contributed by atoms with van der Waals surface area (Å²) >= 11 is 0. The summed E-state index contributed by atoms with van der Waals surface area (Å²) < 4.78 is 5.70. The van der Waals surface area contributed by atoms with E-state index in [1.807, 2.05) is 13.0 Å². The van der Waals surface area contributed by atoms with Gasteiger partial charge in [-0.3, -0.25) is 0 Å². The van der Waals surface area contributed by atoms with Gasteiger partial charge < -0.3 is 4.74 Å². The molecular formula is C17H22N2O. The summed E-state index contributed by atoms with van der Waals surface area (Å²) in [6, 6.07) is 10.3. The van der Waals surface area contributed by atoms with Crippen LogP contribution >= 0.6 is 0 Å². The molecule has 1 heterocycles. The van der Waals surface area contributed by atoms with Crippen molar-refractivity contribution in [3.05, 3.63) is 53.0 Å². The fourth-order valence-electron chi connectivity index (χ4n) is 2.01. The summed E-state index contributed by atoms with van der Waals surface area (Å²) in [5, 5.41) is 0. The summed E-state index contributed by atoms with van der Waals surface area (Å²) in [5.41, 5.74) is 3.43. The van der Waals surface area contributed by atoms with Gasteiger partial charge in [-0.15, -0.1) is 0 Å². The van der Waals surface area contributed by atoms with Crippen molar-refractivity contribution in [2.75, 3.05) is 6.61 Å². The van der Waals surface area contributed by atoms with Crippen LogP contribution in [0.1, 0.15) is 36.5 Å². The van der Waals surface area contributed by atoms with Crippen molar-refractivity contribution in [1.82, 2.24) is 9.97 Å². The van der Waals surface area contributed by atoms with E-state index >= 15 is 0 Å². The van der Waals surface area contributed by atoms with Crippen LogP contribution < -0.4 is 4.74 Å². The maximum atomic E-state index is 5.70. The van der Waals surface area contributed by atoms with Gasteiger partial charge in [0.25, 0.3) is 0 Å². The number of aromatic nitrogens is 2. The van der Waals surface area contributed by atoms with Crippen molar-refractivity contribution in [2.45, 2.75) is 34.1 Å². The van der Waals surface area contributed by atoms with Gasteiger partial charge >= 0.3 is 0 Å². The zero-order valence-electron chi connectivity index (χ0n) is 12.7. The highest BCUT2D eigenvalue weighted by molar-refractivity contribution is 5.26. The Bertz CT molecular complexity index is 579. The first kappa shape index (κ1) is 14.5. The number of benzene rings is 1. The molecule has 0 spiro atoms. The van der Waals surface area contributed by atoms with E-state index in [4.69, 9.17) is 4.74 Å². The Morgan fingerprint density at radius 3 is 2.60 bits per heavy atom. The van der Waals surface area contributed by atoms with Gasteiger partial charge in [0, 0.05) is 18.2 Å². The minimum atomic E-state index is 0.491. The van der Waals surface area contributed by atoms with Crippen molar-refractivity contribution < 1.29 is 4.74 Å². The Balaban J connectivity index is 2.15. The van der Waals surface area contributed by atoms with E-state index in [-0.39, 0.29) is 0 Å². The van der Waals surface area contributed by atoms with Gasteiger partial charge in [0.2, 0.25) is 5.88 Å². The van der Waals surface area contributed by atoms with Crippen LogP contribution in [0.15, 0.2) is 30.3 Å². The smallest absolute Gasteiger partial charge is 0.216 e. The lowest BCUT2D eigenvalue weighted by Crippen LogP contribution is -2.08. The van der Waals surface area contributed by atoms with Gasteiger partial charge in [-0.1, -0.05) is 43.7 Å². The van der Waals surface area contributed by atoms with Gasteiger partial charge in [0.1, 0.15) is 5.82 Å². The molecule has 2 aromatic rings. The quantitative estimate of drug-likeness (QED) is 0.830. The first-order valence-corrected chi connectivity index (χ1v) is 7.06. The van der Waals surface area contributed by atoms with Gasteiger partial charge in [0.05, 0.1) is 6.61 Å². The lowest BCUT2D eigenvalue weighted by Gasteiger charge is -2.10. The molecule has 0 saturated carbocycles. The first-order valence-electron chi connectivity index (χ1n) is 7.06. The molecule has 0 bridgehead atoms. The Kier molecular flexibility index (Phi) is 4.72. The molecule has 0 aliphatic rings. The number of hydrogen-bond acceptors (Lipinski definition) is 3. The predicted molar refractivity (Wildman–Crippen MR) is 81.1 cm³/mol. The third-order valence-corrected chi connectivity index (χ3v) is 2.89. The van der Waals surface area contributed by atoms with Crippen LogP contribution in [0.3, 0.4) is 0 Å². The largest absolute Gasteiger partial charge is 0.477 e. The second-order valence-corrected chi connectivity index (χ2v) is 5.63. The Labute approximate surface area is 121 Å². The molecule has 0 aliphatic carbocycles. The molecular weight excluding hydrogens is 248 g/mol. The third-order valence-electron chi connectivity index (χ3n) is 2.89. The molecule has 0 saturated heterocycles. The second-order valence-electron chi connectivity index (χ2n) is 5.63. The maximum Gasteiger partial charge on any atom is 0.216 e. The Hall–Kier alpha value is -1.90. The van der Waals surface area contributed by atoms with Crippen LogP contribution in [0.25, 0.3) is 0 Å². The van der Waals surface area contributed by atoms with Crippen molar-refractivity contribution in [1.29, 1.82) is 0 Å². The van der Waals surface area contributed by atoms with E-state index in [2.05, 4.69) is 55.0 Å². The zero-order chi connectivity index (χ0) is 14.5. The highest BCUT2D eigenvalue weighted by Gasteiger charge is 2.06. The normalized spacial score (nSPS) is 10.8. The highest BCUT2D eigenvalue weighted by Crippen LogP contribution is 2.14. The Morgan fingerprint density at radius 1 is 1.10 bits per heavy atom. The van der Waals surface area contributed by atoms with E-state index in [9.17, 15) is 0 Å². The topological polar surface area (TPSA) is 35.0 Å². The predicted octanol–water partition coefficient (Wildman–Crippen LogP) is 3.72. The summed E-state index contributed by atoms with van der Waals surface area (Å²) in [5.74, 6) is 1.98. The average Bonchev–Trinajstić information content (AvgIpc) is 2.35. The molecule has 106 valence electrons. The third kappa shape index (κ3) is 4.34. The minimum Gasteiger partial charge on any atom is -0.477 e. The number of aryl methyl sites for hydroxylation is 2. The monoisotopic (exact) mass is 270 g/mol. The lowest BCUT2D eigenvalue weighted by molar-refractivity contribution is 0.260. The van der Waals surface area contributed by atoms with E-state index < -0.39 is 0 Å². The molecule has 2 rings (SSSR count). The molecule has 1 aromatic carbocycles. The maximum absolute atomic E-state index is 5.70. The van der Waals surface area contributed by atoms with Crippen LogP contribution in [-0.2, 0) is 6.42 Å². The highest BCUT2D eigenvalue weighted by atomic mass is 16.5. The van der Waals surface area contributed by atoms with Crippen LogP contribution in [0.5, 0.6) is 5.88 Å². The summed E-state index contributed by atoms with van der Waals surface area (Å²) in [4.78, 5) is 8.99. The fraction of sp³-hybridized carbons (Fsp3) is 0.412. The first-order chi connectivity index (χ1) is 9.52. The summed E-state index contributed by atoms with van der Waals surface area (Å²) in [7, 11) is 0. The molecule has 0 fully saturated rings. The number of rotatable bonds is 5. The van der Waals surface area contributed by atoms with Crippen LogP contribution in [-0.4, -0.2) is 16.6 Å². The van der Waals surface area contributed by atoms with Crippen molar-refractivity contribution in [3.63, 3.8) is 0 Å². The number of hydrogen-bond donors (Lipinski definition) is 0. The van der Waals surface area contributed by atoms with Gasteiger partial charge in [-0.05, 0) is 25.3 Å². The molecule has 0 atom stereocenters. The number of ether oxygens (including phenoxy) is 1. The minimum absolute atomic E-state index is 0.491. The lowest BCUT2D eigenvalue weighted by atomic mass is 10.1. The van der Waals surface area contributed by atoms with Crippen molar-refractivity contribution in [3.8, 4) is 5.88 Å². The van der Waals surface area contributed by atoms with E-state index in [0.717, 1.165) is 17.9 Å². The van der Waals surface area contributed by atoms with Crippen molar-refractivity contribution in [2.24, 2.45) is 5.92 Å². The summed E-state index contributed by atoms with van der Waals surface area (Å²) in [6.45, 7) is 9.01. The molecule has 0 unspecified atom stereocenters. The van der Waals surface area contributed by atoms with Gasteiger partial charge in [-0.25, -0.2) is 4.98 Å². The molecule has 0 N–H and O–H groups in total. The average molecular weight is 270 g/mol. The molecule has 20 heavy (non-hydrogen) atoms. The fourth-order valence-corrected chi connectivity index (χ4v) is 2.01. The molecule has 0 radical (unpaired) electrons. The van der Waals surface area contributed by atoms with E-state index in [1.165, 1.54) is 11.1 Å². The molecule has 1 aromatic heterocycles. The second kappa shape index (κ2) is 6.51. The molecule has 3 nitrogen and oxygen atoms in total. The number of nitrogens with zero attached hydrogens (tertiary/aromatic N) is 2. The summed E-state index contributed by atoms with van der Waals surface area (Å²) in [6.07, 6.45) is 0.737. The molecule has 0 aliphatic heterocycles. The molecule has 0 amide bonds. The van der Waals surface area contributed by atoms with Gasteiger partial charge in [0.15, 0.2) is 0 Å². The van der Waals surface area contributed by atoms with E-state index in [1.54, 1.807) is 0 Å². The SMILES string of the molecule is Cc1cccc(Cc2nc(C)cc(OCC(C)C)n2)c1. The van der Waals surface area contributed by atoms with Crippen LogP contribution in [0.4, 0.5) is 0 Å². The van der Waals surface area contributed by atoms with E-state index in [0.29, 0.717) is 18.4 Å². The zero-order valence-corrected chi connectivity index (χ0v) is 12.7. The Morgan fingerprint density at radius 2 is 1.90 bits per heavy atom. The van der Waals surface area contributed by atoms with Crippen molar-refractivity contribution >= 4 is 0 Å². The molecule has 3 heteroatoms. The van der Waals surface area contributed by atoms with Gasteiger partial charge in [-0.2, -0.15) is 4.98 Å². The van der Waals surface area contributed by atoms with Crippen LogP contribution in [0, 0.1) is 19.8 Å². The van der Waals surface area contributed by atoms with Crippen LogP contribution in [0.2, 0.25) is 0 Å².